The number of aryl methyl sites for hydroxylation is 1. The third kappa shape index (κ3) is 4.94. The molecule has 100 valence electrons. The maximum Gasteiger partial charge on any atom is 0.251 e. The molecular weight excluding hydrogens is 254 g/mol. The van der Waals surface area contributed by atoms with Crippen LogP contribution >= 0.6 is 11.6 Å². The molecule has 0 saturated heterocycles. The normalized spacial score (nSPS) is 10.3. The second-order valence-corrected chi connectivity index (χ2v) is 4.29. The van der Waals surface area contributed by atoms with Crippen LogP contribution in [0.15, 0.2) is 18.2 Å². The Morgan fingerprint density at radius 1 is 1.44 bits per heavy atom. The maximum atomic E-state index is 11.7. The number of carbonyl (C=O) groups is 1. The molecule has 5 heteroatoms. The van der Waals surface area contributed by atoms with Gasteiger partial charge in [0.25, 0.3) is 5.91 Å². The van der Waals surface area contributed by atoms with Gasteiger partial charge in [0.2, 0.25) is 0 Å². The van der Waals surface area contributed by atoms with Crippen LogP contribution in [0.2, 0.25) is 0 Å². The zero-order valence-corrected chi connectivity index (χ0v) is 11.2. The SMILES string of the molecule is Cc1ccc(C(=O)NCCCOCCCl)cc1O. The van der Waals surface area contributed by atoms with E-state index in [9.17, 15) is 9.90 Å². The van der Waals surface area contributed by atoms with E-state index >= 15 is 0 Å². The number of phenolic OH excluding ortho intramolecular Hbond substituents is 1. The average molecular weight is 272 g/mol. The molecule has 0 aliphatic carbocycles. The predicted octanol–water partition coefficient (Wildman–Crippen LogP) is 2.08. The zero-order valence-electron chi connectivity index (χ0n) is 10.4. The van der Waals surface area contributed by atoms with E-state index in [1.165, 1.54) is 6.07 Å². The minimum absolute atomic E-state index is 0.132. The number of hydrogen-bond acceptors (Lipinski definition) is 3. The fourth-order valence-electron chi connectivity index (χ4n) is 1.39. The van der Waals surface area contributed by atoms with E-state index in [2.05, 4.69) is 5.32 Å². The van der Waals surface area contributed by atoms with Crippen LogP contribution in [0.3, 0.4) is 0 Å². The number of hydrogen-bond donors (Lipinski definition) is 2. The Bertz CT molecular complexity index is 396. The minimum Gasteiger partial charge on any atom is -0.508 e. The number of ether oxygens (including phenoxy) is 1. The van der Waals surface area contributed by atoms with E-state index in [1.54, 1.807) is 19.1 Å². The summed E-state index contributed by atoms with van der Waals surface area (Å²) in [7, 11) is 0. The summed E-state index contributed by atoms with van der Waals surface area (Å²) in [6, 6.07) is 4.87. The van der Waals surface area contributed by atoms with Gasteiger partial charge in [0.05, 0.1) is 6.61 Å². The summed E-state index contributed by atoms with van der Waals surface area (Å²) < 4.78 is 5.18. The van der Waals surface area contributed by atoms with Crippen LogP contribution in [0.1, 0.15) is 22.3 Å². The summed E-state index contributed by atoms with van der Waals surface area (Å²) >= 11 is 5.45. The third-order valence-electron chi connectivity index (χ3n) is 2.44. The summed E-state index contributed by atoms with van der Waals surface area (Å²) in [5.41, 5.74) is 1.21. The topological polar surface area (TPSA) is 58.6 Å². The van der Waals surface area contributed by atoms with Gasteiger partial charge < -0.3 is 15.2 Å². The Morgan fingerprint density at radius 3 is 2.89 bits per heavy atom. The molecule has 1 aromatic carbocycles. The Morgan fingerprint density at radius 2 is 2.22 bits per heavy atom. The van der Waals surface area contributed by atoms with Crippen molar-refractivity contribution in [3.05, 3.63) is 29.3 Å². The Hall–Kier alpha value is -1.26. The lowest BCUT2D eigenvalue weighted by Gasteiger charge is -2.06. The second kappa shape index (κ2) is 7.95. The highest BCUT2D eigenvalue weighted by molar-refractivity contribution is 6.17. The van der Waals surface area contributed by atoms with Crippen molar-refractivity contribution in [2.45, 2.75) is 13.3 Å². The first kappa shape index (κ1) is 14.8. The van der Waals surface area contributed by atoms with Crippen molar-refractivity contribution in [2.24, 2.45) is 0 Å². The van der Waals surface area contributed by atoms with Crippen molar-refractivity contribution < 1.29 is 14.6 Å². The van der Waals surface area contributed by atoms with E-state index < -0.39 is 0 Å². The first-order chi connectivity index (χ1) is 8.65. The molecular formula is C13H18ClNO3. The number of amides is 1. The molecule has 1 rings (SSSR count). The number of nitrogens with one attached hydrogen (secondary N) is 1. The number of carbonyl (C=O) groups excluding carboxylic acids is 1. The van der Waals surface area contributed by atoms with Gasteiger partial charge in [-0.2, -0.15) is 0 Å². The summed E-state index contributed by atoms with van der Waals surface area (Å²) in [5.74, 6) is 0.422. The smallest absolute Gasteiger partial charge is 0.251 e. The lowest BCUT2D eigenvalue weighted by Crippen LogP contribution is -2.25. The highest BCUT2D eigenvalue weighted by Crippen LogP contribution is 2.17. The summed E-state index contributed by atoms with van der Waals surface area (Å²) in [5, 5.41) is 12.3. The van der Waals surface area contributed by atoms with Crippen molar-refractivity contribution in [1.82, 2.24) is 5.32 Å². The fraction of sp³-hybridized carbons (Fsp3) is 0.462. The molecule has 0 bridgehead atoms. The van der Waals surface area contributed by atoms with Crippen LogP contribution in [0, 0.1) is 6.92 Å². The molecule has 1 aromatic rings. The molecule has 4 nitrogen and oxygen atoms in total. The Labute approximate surface area is 112 Å². The van der Waals surface area contributed by atoms with Gasteiger partial charge in [0.1, 0.15) is 5.75 Å². The summed E-state index contributed by atoms with van der Waals surface area (Å²) in [4.78, 5) is 11.7. The highest BCUT2D eigenvalue weighted by atomic mass is 35.5. The number of benzene rings is 1. The first-order valence-electron chi connectivity index (χ1n) is 5.86. The van der Waals surface area contributed by atoms with Gasteiger partial charge in [0.15, 0.2) is 0 Å². The average Bonchev–Trinajstić information content (AvgIpc) is 2.36. The van der Waals surface area contributed by atoms with Gasteiger partial charge in [-0.15, -0.1) is 11.6 Å². The molecule has 0 heterocycles. The molecule has 18 heavy (non-hydrogen) atoms. The second-order valence-electron chi connectivity index (χ2n) is 3.91. The van der Waals surface area contributed by atoms with Gasteiger partial charge in [-0.3, -0.25) is 4.79 Å². The van der Waals surface area contributed by atoms with E-state index in [0.717, 1.165) is 12.0 Å². The van der Waals surface area contributed by atoms with E-state index in [-0.39, 0.29) is 11.7 Å². The zero-order chi connectivity index (χ0) is 13.4. The van der Waals surface area contributed by atoms with Gasteiger partial charge in [-0.25, -0.2) is 0 Å². The van der Waals surface area contributed by atoms with E-state index in [4.69, 9.17) is 16.3 Å². The largest absolute Gasteiger partial charge is 0.508 e. The molecule has 0 radical (unpaired) electrons. The maximum absolute atomic E-state index is 11.7. The lowest BCUT2D eigenvalue weighted by atomic mass is 10.1. The van der Waals surface area contributed by atoms with Crippen molar-refractivity contribution in [3.63, 3.8) is 0 Å². The van der Waals surface area contributed by atoms with Gasteiger partial charge in [-0.1, -0.05) is 6.07 Å². The quantitative estimate of drug-likeness (QED) is 0.590. The molecule has 0 aliphatic rings. The van der Waals surface area contributed by atoms with Crippen molar-refractivity contribution in [1.29, 1.82) is 0 Å². The van der Waals surface area contributed by atoms with Crippen LogP contribution in [0.25, 0.3) is 0 Å². The van der Waals surface area contributed by atoms with Crippen LogP contribution in [0.5, 0.6) is 5.75 Å². The first-order valence-corrected chi connectivity index (χ1v) is 6.40. The number of phenols is 1. The van der Waals surface area contributed by atoms with Crippen molar-refractivity contribution in [2.75, 3.05) is 25.6 Å². The lowest BCUT2D eigenvalue weighted by molar-refractivity contribution is 0.0944. The van der Waals surface area contributed by atoms with E-state index in [0.29, 0.717) is 31.2 Å². The van der Waals surface area contributed by atoms with Gasteiger partial charge >= 0.3 is 0 Å². The molecule has 0 aliphatic heterocycles. The minimum atomic E-state index is -0.192. The van der Waals surface area contributed by atoms with Crippen LogP contribution in [0.4, 0.5) is 0 Å². The molecule has 0 saturated carbocycles. The molecule has 0 atom stereocenters. The third-order valence-corrected chi connectivity index (χ3v) is 2.60. The van der Waals surface area contributed by atoms with Crippen molar-refractivity contribution in [3.8, 4) is 5.75 Å². The van der Waals surface area contributed by atoms with Crippen LogP contribution < -0.4 is 5.32 Å². The molecule has 0 fully saturated rings. The molecule has 0 unspecified atom stereocenters. The standard InChI is InChI=1S/C13H18ClNO3/c1-10-3-4-11(9-12(10)16)13(17)15-6-2-7-18-8-5-14/h3-4,9,16H,2,5-8H2,1H3,(H,15,17). The number of alkyl halides is 1. The van der Waals surface area contributed by atoms with Crippen molar-refractivity contribution >= 4 is 17.5 Å². The highest BCUT2D eigenvalue weighted by Gasteiger charge is 2.06. The number of rotatable bonds is 7. The molecule has 0 aromatic heterocycles. The number of aromatic hydroxyl groups is 1. The van der Waals surface area contributed by atoms with Gasteiger partial charge in [-0.05, 0) is 31.0 Å². The molecule has 2 N–H and O–H groups in total. The van der Waals surface area contributed by atoms with Crippen LogP contribution in [-0.2, 0) is 4.74 Å². The predicted molar refractivity (Wildman–Crippen MR) is 71.3 cm³/mol. The van der Waals surface area contributed by atoms with Crippen LogP contribution in [-0.4, -0.2) is 36.7 Å². The van der Waals surface area contributed by atoms with E-state index in [1.807, 2.05) is 0 Å². The fourth-order valence-corrected chi connectivity index (χ4v) is 1.49. The number of halogens is 1. The summed E-state index contributed by atoms with van der Waals surface area (Å²) in [6.07, 6.45) is 0.737. The Kier molecular flexibility index (Phi) is 6.54. The molecule has 0 spiro atoms. The summed E-state index contributed by atoms with van der Waals surface area (Å²) in [6.45, 7) is 3.43. The molecule has 1 amide bonds. The monoisotopic (exact) mass is 271 g/mol. The Balaban J connectivity index is 2.30. The van der Waals surface area contributed by atoms with Gasteiger partial charge in [0, 0.05) is 24.6 Å².